The predicted octanol–water partition coefficient (Wildman–Crippen LogP) is 5.24. The van der Waals surface area contributed by atoms with Gasteiger partial charge < -0.3 is 19.3 Å². The van der Waals surface area contributed by atoms with Crippen LogP contribution in [0.4, 0.5) is 5.69 Å². The summed E-state index contributed by atoms with van der Waals surface area (Å²) in [7, 11) is -0.547. The van der Waals surface area contributed by atoms with E-state index in [2.05, 4.69) is 33.9 Å². The van der Waals surface area contributed by atoms with E-state index in [1.54, 1.807) is 0 Å². The first-order chi connectivity index (χ1) is 13.0. The largest absolute Gasteiger partial charge is 0.542 e. The number of fused-ring (bicyclic) bond motifs is 1. The molecule has 0 atom stereocenters. The van der Waals surface area contributed by atoms with E-state index in [1.165, 1.54) is 7.11 Å². The molecule has 1 aromatic heterocycles. The molecule has 1 heterocycles. The fourth-order valence-electron chi connectivity index (χ4n) is 3.42. The topological polar surface area (TPSA) is 87.6 Å². The molecule has 1 aliphatic carbocycles. The van der Waals surface area contributed by atoms with Crippen LogP contribution in [0.25, 0.3) is 11.1 Å². The van der Waals surface area contributed by atoms with Crippen LogP contribution in [0.5, 0.6) is 5.75 Å². The van der Waals surface area contributed by atoms with Gasteiger partial charge in [-0.25, -0.2) is 4.98 Å². The number of benzene rings is 1. The molecular formula is C21H32N2O4Si. The third kappa shape index (κ3) is 4.04. The molecule has 0 saturated heterocycles. The van der Waals surface area contributed by atoms with Crippen molar-refractivity contribution in [2.75, 3.05) is 12.8 Å². The molecule has 7 heteroatoms. The number of carbonyl (C=O) groups is 1. The summed E-state index contributed by atoms with van der Waals surface area (Å²) in [6.45, 7) is 11.0. The van der Waals surface area contributed by atoms with Gasteiger partial charge in [-0.05, 0) is 43.8 Å². The second-order valence-electron chi connectivity index (χ2n) is 9.34. The quantitative estimate of drug-likeness (QED) is 0.426. The van der Waals surface area contributed by atoms with Crippen molar-refractivity contribution in [1.82, 2.24) is 4.98 Å². The van der Waals surface area contributed by atoms with Gasteiger partial charge in [-0.2, -0.15) is 0 Å². The number of methoxy groups -OCH3 is 1. The number of rotatable bonds is 4. The number of anilines is 1. The Kier molecular flexibility index (Phi) is 5.49. The SMILES string of the molecule is COC(=O)C1CCC(c2nc3cc(O[Si](C)(C)C(C)(C)C)c(N)cc3o2)CC1. The van der Waals surface area contributed by atoms with E-state index >= 15 is 0 Å². The van der Waals surface area contributed by atoms with E-state index in [1.807, 2.05) is 12.1 Å². The third-order valence-electron chi connectivity index (χ3n) is 6.32. The molecule has 0 spiro atoms. The van der Waals surface area contributed by atoms with Crippen molar-refractivity contribution >= 4 is 31.1 Å². The van der Waals surface area contributed by atoms with Gasteiger partial charge in [0.25, 0.3) is 8.32 Å². The van der Waals surface area contributed by atoms with Crippen LogP contribution < -0.4 is 10.2 Å². The molecule has 2 N–H and O–H groups in total. The summed E-state index contributed by atoms with van der Waals surface area (Å²) < 4.78 is 17.3. The number of nitrogens with two attached hydrogens (primary N) is 1. The highest BCUT2D eigenvalue weighted by Gasteiger charge is 2.39. The van der Waals surface area contributed by atoms with Gasteiger partial charge in [0.05, 0.1) is 18.7 Å². The summed E-state index contributed by atoms with van der Waals surface area (Å²) in [5.74, 6) is 1.51. The fourth-order valence-corrected chi connectivity index (χ4v) is 4.45. The molecule has 28 heavy (non-hydrogen) atoms. The first kappa shape index (κ1) is 20.7. The summed E-state index contributed by atoms with van der Waals surface area (Å²) in [4.78, 5) is 16.4. The van der Waals surface area contributed by atoms with Crippen molar-refractivity contribution in [2.45, 2.75) is 70.5 Å². The molecule has 2 aromatic rings. The van der Waals surface area contributed by atoms with Gasteiger partial charge in [-0.3, -0.25) is 4.79 Å². The lowest BCUT2D eigenvalue weighted by molar-refractivity contribution is -0.146. The zero-order chi connectivity index (χ0) is 20.7. The minimum atomic E-state index is -1.99. The number of hydrogen-bond acceptors (Lipinski definition) is 6. The Hall–Kier alpha value is -2.02. The molecule has 3 rings (SSSR count). The first-order valence-corrected chi connectivity index (χ1v) is 12.9. The Morgan fingerprint density at radius 3 is 2.43 bits per heavy atom. The summed E-state index contributed by atoms with van der Waals surface area (Å²) in [6, 6.07) is 3.71. The number of aromatic nitrogens is 1. The van der Waals surface area contributed by atoms with Crippen LogP contribution in [0.1, 0.15) is 58.3 Å². The second kappa shape index (κ2) is 7.42. The number of carbonyl (C=O) groups excluding carboxylic acids is 1. The maximum absolute atomic E-state index is 11.7. The van der Waals surface area contributed by atoms with Crippen molar-refractivity contribution in [3.8, 4) is 5.75 Å². The zero-order valence-electron chi connectivity index (χ0n) is 17.8. The number of nitrogens with zero attached hydrogens (tertiary/aromatic N) is 1. The van der Waals surface area contributed by atoms with Gasteiger partial charge in [0.15, 0.2) is 11.5 Å². The van der Waals surface area contributed by atoms with Crippen LogP contribution >= 0.6 is 0 Å². The molecule has 0 aliphatic heterocycles. The maximum atomic E-state index is 11.7. The Morgan fingerprint density at radius 2 is 1.86 bits per heavy atom. The van der Waals surface area contributed by atoms with E-state index in [0.717, 1.165) is 37.1 Å². The van der Waals surface area contributed by atoms with E-state index in [4.69, 9.17) is 24.3 Å². The second-order valence-corrected chi connectivity index (χ2v) is 14.1. The Morgan fingerprint density at radius 1 is 1.21 bits per heavy atom. The fraction of sp³-hybridized carbons (Fsp3) is 0.619. The zero-order valence-corrected chi connectivity index (χ0v) is 18.8. The van der Waals surface area contributed by atoms with Gasteiger partial charge >= 0.3 is 5.97 Å². The lowest BCUT2D eigenvalue weighted by Gasteiger charge is -2.36. The van der Waals surface area contributed by atoms with Crippen molar-refractivity contribution in [3.63, 3.8) is 0 Å². The lowest BCUT2D eigenvalue weighted by Crippen LogP contribution is -2.44. The van der Waals surface area contributed by atoms with Gasteiger partial charge in [0, 0.05) is 18.1 Å². The molecule has 0 bridgehead atoms. The minimum Gasteiger partial charge on any atom is -0.542 e. The number of hydrogen-bond donors (Lipinski definition) is 1. The van der Waals surface area contributed by atoms with E-state index in [9.17, 15) is 4.79 Å². The van der Waals surface area contributed by atoms with E-state index in [-0.39, 0.29) is 22.8 Å². The standard InChI is InChI=1S/C21H32N2O4Si/c1-21(2,3)28(5,6)27-17-12-16-18(11-15(17)22)26-19(23-16)13-7-9-14(10-8-13)20(24)25-4/h11-14H,7-10,22H2,1-6H3. The molecule has 0 radical (unpaired) electrons. The van der Waals surface area contributed by atoms with E-state index < -0.39 is 8.32 Å². The average molecular weight is 405 g/mol. The van der Waals surface area contributed by atoms with Crippen molar-refractivity contribution in [3.05, 3.63) is 18.0 Å². The lowest BCUT2D eigenvalue weighted by atomic mass is 9.82. The maximum Gasteiger partial charge on any atom is 0.308 e. The Labute approximate surface area is 167 Å². The monoisotopic (exact) mass is 404 g/mol. The predicted molar refractivity (Wildman–Crippen MR) is 113 cm³/mol. The van der Waals surface area contributed by atoms with Crippen molar-refractivity contribution in [2.24, 2.45) is 5.92 Å². The molecule has 1 fully saturated rings. The van der Waals surface area contributed by atoms with Gasteiger partial charge in [-0.1, -0.05) is 20.8 Å². The molecule has 154 valence electrons. The first-order valence-electron chi connectivity index (χ1n) is 9.98. The highest BCUT2D eigenvalue weighted by Crippen LogP contribution is 2.41. The van der Waals surface area contributed by atoms with Crippen LogP contribution in [-0.2, 0) is 9.53 Å². The molecule has 6 nitrogen and oxygen atoms in total. The molecular weight excluding hydrogens is 372 g/mol. The highest BCUT2D eigenvalue weighted by molar-refractivity contribution is 6.74. The Bertz CT molecular complexity index is 861. The van der Waals surface area contributed by atoms with E-state index in [0.29, 0.717) is 17.0 Å². The summed E-state index contributed by atoms with van der Waals surface area (Å²) >= 11 is 0. The number of esters is 1. The molecule has 1 aromatic carbocycles. The normalized spacial score (nSPS) is 20.9. The molecule has 1 saturated carbocycles. The molecule has 0 amide bonds. The van der Waals surface area contributed by atoms with Gasteiger partial charge in [0.2, 0.25) is 0 Å². The van der Waals surface area contributed by atoms with Gasteiger partial charge in [-0.15, -0.1) is 0 Å². The van der Waals surface area contributed by atoms with Gasteiger partial charge in [0.1, 0.15) is 11.3 Å². The van der Waals surface area contributed by atoms with Crippen LogP contribution in [0, 0.1) is 5.92 Å². The molecule has 1 aliphatic rings. The third-order valence-corrected chi connectivity index (χ3v) is 10.7. The average Bonchev–Trinajstić information content (AvgIpc) is 3.03. The van der Waals surface area contributed by atoms with Crippen LogP contribution in [0.2, 0.25) is 18.1 Å². The van der Waals surface area contributed by atoms with Crippen LogP contribution in [0.3, 0.4) is 0 Å². The number of nitrogen functional groups attached to an aromatic ring is 1. The minimum absolute atomic E-state index is 0.00846. The van der Waals surface area contributed by atoms with Crippen molar-refractivity contribution < 1.29 is 18.4 Å². The highest BCUT2D eigenvalue weighted by atomic mass is 28.4. The van der Waals surface area contributed by atoms with Crippen LogP contribution in [0.15, 0.2) is 16.5 Å². The summed E-state index contributed by atoms with van der Waals surface area (Å²) in [5, 5.41) is 0.0850. The Balaban J connectivity index is 1.80. The summed E-state index contributed by atoms with van der Waals surface area (Å²) in [6.07, 6.45) is 3.35. The van der Waals surface area contributed by atoms with Crippen LogP contribution in [-0.4, -0.2) is 26.4 Å². The molecule has 0 unspecified atom stereocenters. The van der Waals surface area contributed by atoms with Crippen molar-refractivity contribution in [1.29, 1.82) is 0 Å². The number of oxazole rings is 1. The summed E-state index contributed by atoms with van der Waals surface area (Å²) in [5.41, 5.74) is 8.28. The smallest absolute Gasteiger partial charge is 0.308 e. The number of ether oxygens (including phenoxy) is 1.